The summed E-state index contributed by atoms with van der Waals surface area (Å²) in [5.74, 6) is 1.31. The molecule has 0 saturated carbocycles. The number of halogens is 1. The number of aryl methyl sites for hydroxylation is 2. The van der Waals surface area contributed by atoms with Crippen LogP contribution in [0.4, 0.5) is 0 Å². The third kappa shape index (κ3) is 6.54. The molecule has 3 rings (SSSR count). The maximum Gasteiger partial charge on any atom is 0.226 e. The lowest BCUT2D eigenvalue weighted by Gasteiger charge is -2.11. The largest absolute Gasteiger partial charge is 0.444 e. The highest BCUT2D eigenvalue weighted by Crippen LogP contribution is 2.19. The molecule has 0 unspecified atom stereocenters. The van der Waals surface area contributed by atoms with Crippen LogP contribution in [-0.4, -0.2) is 41.5 Å². The Balaban J connectivity index is 0.00000341. The lowest BCUT2D eigenvalue weighted by Crippen LogP contribution is -2.36. The van der Waals surface area contributed by atoms with Gasteiger partial charge in [0.05, 0.1) is 31.1 Å². The van der Waals surface area contributed by atoms with Crippen LogP contribution < -0.4 is 10.6 Å². The van der Waals surface area contributed by atoms with E-state index in [0.717, 1.165) is 34.8 Å². The van der Waals surface area contributed by atoms with E-state index < -0.39 is 0 Å². The zero-order chi connectivity index (χ0) is 21.5. The summed E-state index contributed by atoms with van der Waals surface area (Å²) in [4.78, 5) is 8.86. The fourth-order valence-electron chi connectivity index (χ4n) is 3.17. The Morgan fingerprint density at radius 1 is 1.13 bits per heavy atom. The predicted octanol–water partition coefficient (Wildman–Crippen LogP) is 3.59. The van der Waals surface area contributed by atoms with Crippen molar-refractivity contribution < 1.29 is 9.15 Å². The molecule has 0 atom stereocenters. The summed E-state index contributed by atoms with van der Waals surface area (Å²) >= 11 is 0. The van der Waals surface area contributed by atoms with Crippen LogP contribution in [0.25, 0.3) is 11.5 Å². The van der Waals surface area contributed by atoms with Gasteiger partial charge >= 0.3 is 0 Å². The Bertz CT molecular complexity index is 994. The highest BCUT2D eigenvalue weighted by atomic mass is 127. The Morgan fingerprint density at radius 3 is 2.52 bits per heavy atom. The third-order valence-corrected chi connectivity index (χ3v) is 4.98. The minimum atomic E-state index is 0. The number of guanidine groups is 1. The molecule has 0 aliphatic heterocycles. The van der Waals surface area contributed by atoms with Crippen molar-refractivity contribution in [2.45, 2.75) is 40.4 Å². The first-order chi connectivity index (χ1) is 14.5. The molecule has 0 amide bonds. The van der Waals surface area contributed by atoms with Crippen LogP contribution in [0.2, 0.25) is 0 Å². The summed E-state index contributed by atoms with van der Waals surface area (Å²) in [7, 11) is 3.44. The minimum Gasteiger partial charge on any atom is -0.444 e. The lowest BCUT2D eigenvalue weighted by atomic mass is 10.1. The standard InChI is InChI=1S/C22H30N6O2.HI/c1-15-6-8-18(9-7-15)21-26-19(14-30-21)12-24-22(23-4)25-13-20-16(2)27-28(17(20)3)10-11-29-5;/h6-9,14H,10-13H2,1-5H3,(H2,23,24,25);1H. The van der Waals surface area contributed by atoms with Gasteiger partial charge in [-0.15, -0.1) is 24.0 Å². The average molecular weight is 538 g/mol. The van der Waals surface area contributed by atoms with Gasteiger partial charge < -0.3 is 19.8 Å². The SMILES string of the molecule is CN=C(NCc1coc(-c2ccc(C)cc2)n1)NCc1c(C)nn(CCOC)c1C.I. The van der Waals surface area contributed by atoms with E-state index in [1.54, 1.807) is 20.4 Å². The normalized spacial score (nSPS) is 11.3. The van der Waals surface area contributed by atoms with Crippen molar-refractivity contribution in [2.75, 3.05) is 20.8 Å². The molecule has 168 valence electrons. The first kappa shape index (κ1) is 24.9. The number of nitrogens with zero attached hydrogens (tertiary/aromatic N) is 4. The van der Waals surface area contributed by atoms with E-state index in [2.05, 4.69) is 39.6 Å². The molecule has 1 aromatic carbocycles. The highest BCUT2D eigenvalue weighted by molar-refractivity contribution is 14.0. The Labute approximate surface area is 200 Å². The van der Waals surface area contributed by atoms with Crippen molar-refractivity contribution >= 4 is 29.9 Å². The van der Waals surface area contributed by atoms with Gasteiger partial charge in [-0.25, -0.2) is 4.98 Å². The van der Waals surface area contributed by atoms with Crippen LogP contribution in [-0.2, 0) is 24.4 Å². The number of nitrogens with one attached hydrogen (secondary N) is 2. The summed E-state index contributed by atoms with van der Waals surface area (Å²) in [5.41, 5.74) is 6.28. The molecule has 2 aromatic heterocycles. The number of benzene rings is 1. The van der Waals surface area contributed by atoms with Gasteiger partial charge in [-0.2, -0.15) is 5.10 Å². The van der Waals surface area contributed by atoms with Crippen LogP contribution in [0.3, 0.4) is 0 Å². The predicted molar refractivity (Wildman–Crippen MR) is 133 cm³/mol. The molecule has 3 aromatic rings. The number of hydrogen-bond acceptors (Lipinski definition) is 5. The van der Waals surface area contributed by atoms with Crippen molar-refractivity contribution in [3.63, 3.8) is 0 Å². The van der Waals surface area contributed by atoms with E-state index in [9.17, 15) is 0 Å². The number of hydrogen-bond donors (Lipinski definition) is 2. The van der Waals surface area contributed by atoms with E-state index in [0.29, 0.717) is 31.5 Å². The van der Waals surface area contributed by atoms with Gasteiger partial charge in [0.15, 0.2) is 5.96 Å². The van der Waals surface area contributed by atoms with Crippen molar-refractivity contribution in [3.8, 4) is 11.5 Å². The molecular formula is C22H31IN6O2. The molecule has 31 heavy (non-hydrogen) atoms. The smallest absolute Gasteiger partial charge is 0.226 e. The average Bonchev–Trinajstić information content (AvgIpc) is 3.32. The van der Waals surface area contributed by atoms with E-state index in [-0.39, 0.29) is 24.0 Å². The minimum absolute atomic E-state index is 0. The second-order valence-electron chi connectivity index (χ2n) is 7.15. The number of rotatable bonds is 8. The van der Waals surface area contributed by atoms with Gasteiger partial charge in [-0.3, -0.25) is 9.67 Å². The third-order valence-electron chi connectivity index (χ3n) is 4.98. The van der Waals surface area contributed by atoms with Crippen LogP contribution in [0.15, 0.2) is 39.9 Å². The molecule has 0 saturated heterocycles. The molecule has 0 spiro atoms. The number of aliphatic imine (C=N–C) groups is 1. The second kappa shape index (κ2) is 11.8. The van der Waals surface area contributed by atoms with Crippen molar-refractivity contribution in [1.82, 2.24) is 25.4 Å². The van der Waals surface area contributed by atoms with Crippen LogP contribution in [0.5, 0.6) is 0 Å². The van der Waals surface area contributed by atoms with E-state index in [1.165, 1.54) is 5.56 Å². The fraction of sp³-hybridized carbons (Fsp3) is 0.409. The van der Waals surface area contributed by atoms with Gasteiger partial charge in [0.1, 0.15) is 6.26 Å². The zero-order valence-corrected chi connectivity index (χ0v) is 21.1. The van der Waals surface area contributed by atoms with Gasteiger partial charge in [-0.05, 0) is 32.9 Å². The summed E-state index contributed by atoms with van der Waals surface area (Å²) < 4.78 is 12.8. The Kier molecular flexibility index (Phi) is 9.50. The van der Waals surface area contributed by atoms with Crippen molar-refractivity contribution in [2.24, 2.45) is 4.99 Å². The summed E-state index contributed by atoms with van der Waals surface area (Å²) in [6, 6.07) is 8.11. The maximum atomic E-state index is 5.62. The summed E-state index contributed by atoms with van der Waals surface area (Å²) in [5, 5.41) is 11.2. The number of methoxy groups -OCH3 is 1. The molecule has 0 aliphatic rings. The molecule has 0 bridgehead atoms. The summed E-state index contributed by atoms with van der Waals surface area (Å²) in [6.45, 7) is 8.68. The van der Waals surface area contributed by atoms with E-state index in [4.69, 9.17) is 9.15 Å². The van der Waals surface area contributed by atoms with Gasteiger partial charge in [0, 0.05) is 37.5 Å². The number of aromatic nitrogens is 3. The quantitative estimate of drug-likeness (QED) is 0.259. The van der Waals surface area contributed by atoms with Crippen molar-refractivity contribution in [3.05, 3.63) is 58.7 Å². The topological polar surface area (TPSA) is 89.5 Å². The molecule has 9 heteroatoms. The molecular weight excluding hydrogens is 507 g/mol. The Morgan fingerprint density at radius 2 is 1.84 bits per heavy atom. The molecule has 8 nitrogen and oxygen atoms in total. The zero-order valence-electron chi connectivity index (χ0n) is 18.7. The highest BCUT2D eigenvalue weighted by Gasteiger charge is 2.12. The number of oxazole rings is 1. The van der Waals surface area contributed by atoms with E-state index in [1.807, 2.05) is 35.9 Å². The second-order valence-corrected chi connectivity index (χ2v) is 7.15. The maximum absolute atomic E-state index is 5.62. The van der Waals surface area contributed by atoms with Gasteiger partial charge in [0.25, 0.3) is 0 Å². The number of ether oxygens (including phenoxy) is 1. The van der Waals surface area contributed by atoms with E-state index >= 15 is 0 Å². The lowest BCUT2D eigenvalue weighted by molar-refractivity contribution is 0.182. The molecule has 2 heterocycles. The monoisotopic (exact) mass is 538 g/mol. The van der Waals surface area contributed by atoms with Crippen LogP contribution >= 0.6 is 24.0 Å². The molecule has 0 aliphatic carbocycles. The first-order valence-electron chi connectivity index (χ1n) is 9.99. The Hall–Kier alpha value is -2.40. The molecule has 2 N–H and O–H groups in total. The molecule has 0 radical (unpaired) electrons. The molecule has 0 fully saturated rings. The van der Waals surface area contributed by atoms with Crippen LogP contribution in [0, 0.1) is 20.8 Å². The van der Waals surface area contributed by atoms with Crippen LogP contribution in [0.1, 0.15) is 28.2 Å². The first-order valence-corrected chi connectivity index (χ1v) is 9.99. The van der Waals surface area contributed by atoms with Gasteiger partial charge in [-0.1, -0.05) is 17.7 Å². The summed E-state index contributed by atoms with van der Waals surface area (Å²) in [6.07, 6.45) is 1.67. The fourth-order valence-corrected chi connectivity index (χ4v) is 3.17. The van der Waals surface area contributed by atoms with Gasteiger partial charge in [0.2, 0.25) is 5.89 Å². The van der Waals surface area contributed by atoms with Crippen molar-refractivity contribution in [1.29, 1.82) is 0 Å².